The SMILES string of the molecule is CC(C)(C)C1CCCN(C(CC#N)c2ccccc2)CC1. The average Bonchev–Trinajstić information content (AvgIpc) is 2.71. The van der Waals surface area contributed by atoms with E-state index in [-0.39, 0.29) is 6.04 Å². The van der Waals surface area contributed by atoms with Gasteiger partial charge in [0.2, 0.25) is 0 Å². The second-order valence-corrected chi connectivity index (χ2v) is 7.32. The van der Waals surface area contributed by atoms with Crippen LogP contribution < -0.4 is 0 Å². The van der Waals surface area contributed by atoms with Crippen molar-refractivity contribution < 1.29 is 0 Å². The number of benzene rings is 1. The van der Waals surface area contributed by atoms with E-state index in [1.165, 1.54) is 24.8 Å². The van der Waals surface area contributed by atoms with E-state index in [1.54, 1.807) is 0 Å². The molecule has 0 radical (unpaired) electrons. The zero-order chi connectivity index (χ0) is 15.3. The van der Waals surface area contributed by atoms with Crippen LogP contribution in [0.15, 0.2) is 30.3 Å². The third-order valence-corrected chi connectivity index (χ3v) is 4.90. The van der Waals surface area contributed by atoms with Gasteiger partial charge in [-0.25, -0.2) is 0 Å². The summed E-state index contributed by atoms with van der Waals surface area (Å²) >= 11 is 0. The summed E-state index contributed by atoms with van der Waals surface area (Å²) in [7, 11) is 0. The van der Waals surface area contributed by atoms with Crippen LogP contribution in [0.5, 0.6) is 0 Å². The highest BCUT2D eigenvalue weighted by Crippen LogP contribution is 2.36. The number of likely N-dealkylation sites (tertiary alicyclic amines) is 1. The molecule has 0 amide bonds. The maximum atomic E-state index is 9.20. The fourth-order valence-electron chi connectivity index (χ4n) is 3.52. The summed E-state index contributed by atoms with van der Waals surface area (Å²) in [5.74, 6) is 0.793. The van der Waals surface area contributed by atoms with Gasteiger partial charge in [0.05, 0.1) is 12.5 Å². The summed E-state index contributed by atoms with van der Waals surface area (Å²) in [5.41, 5.74) is 1.68. The van der Waals surface area contributed by atoms with E-state index >= 15 is 0 Å². The molecule has 1 aromatic carbocycles. The molecule has 2 atom stereocenters. The molecule has 0 N–H and O–H groups in total. The molecule has 2 rings (SSSR count). The van der Waals surface area contributed by atoms with E-state index in [1.807, 2.05) is 6.07 Å². The Balaban J connectivity index is 2.10. The van der Waals surface area contributed by atoms with Gasteiger partial charge in [-0.1, -0.05) is 51.1 Å². The zero-order valence-corrected chi connectivity index (χ0v) is 13.7. The average molecular weight is 284 g/mol. The van der Waals surface area contributed by atoms with Crippen molar-refractivity contribution in [2.45, 2.75) is 52.5 Å². The quantitative estimate of drug-likeness (QED) is 0.798. The molecule has 2 heteroatoms. The van der Waals surface area contributed by atoms with Crippen LogP contribution in [0.25, 0.3) is 0 Å². The van der Waals surface area contributed by atoms with Crippen molar-refractivity contribution in [2.75, 3.05) is 13.1 Å². The Morgan fingerprint density at radius 1 is 1.19 bits per heavy atom. The van der Waals surface area contributed by atoms with Gasteiger partial charge >= 0.3 is 0 Å². The van der Waals surface area contributed by atoms with Crippen LogP contribution >= 0.6 is 0 Å². The highest BCUT2D eigenvalue weighted by atomic mass is 15.2. The summed E-state index contributed by atoms with van der Waals surface area (Å²) in [6.45, 7) is 9.31. The van der Waals surface area contributed by atoms with Crippen molar-refractivity contribution >= 4 is 0 Å². The molecule has 2 unspecified atom stereocenters. The molecule has 0 saturated carbocycles. The third kappa shape index (κ3) is 4.32. The summed E-state index contributed by atoms with van der Waals surface area (Å²) in [4.78, 5) is 2.53. The van der Waals surface area contributed by atoms with Gasteiger partial charge in [0.15, 0.2) is 0 Å². The highest BCUT2D eigenvalue weighted by Gasteiger charge is 2.29. The van der Waals surface area contributed by atoms with Gasteiger partial charge in [-0.2, -0.15) is 5.26 Å². The monoisotopic (exact) mass is 284 g/mol. The van der Waals surface area contributed by atoms with Crippen LogP contribution in [0, 0.1) is 22.7 Å². The molecule has 0 spiro atoms. The first-order valence-electron chi connectivity index (χ1n) is 8.18. The van der Waals surface area contributed by atoms with E-state index in [0.29, 0.717) is 11.8 Å². The van der Waals surface area contributed by atoms with Gasteiger partial charge in [-0.3, -0.25) is 4.90 Å². The lowest BCUT2D eigenvalue weighted by atomic mass is 9.77. The van der Waals surface area contributed by atoms with E-state index in [2.05, 4.69) is 56.0 Å². The number of hydrogen-bond acceptors (Lipinski definition) is 2. The first kappa shape index (κ1) is 16.0. The molecule has 1 saturated heterocycles. The molecular formula is C19H28N2. The standard InChI is InChI=1S/C19H28N2/c1-19(2,3)17-10-7-14-21(15-12-17)18(11-13-20)16-8-5-4-6-9-16/h4-6,8-9,17-18H,7,10-12,14-15H2,1-3H3. The van der Waals surface area contributed by atoms with Crippen LogP contribution in [-0.4, -0.2) is 18.0 Å². The van der Waals surface area contributed by atoms with Crippen molar-refractivity contribution in [1.82, 2.24) is 4.90 Å². The van der Waals surface area contributed by atoms with Crippen LogP contribution in [0.4, 0.5) is 0 Å². The second kappa shape index (κ2) is 7.09. The lowest BCUT2D eigenvalue weighted by Crippen LogP contribution is -2.30. The van der Waals surface area contributed by atoms with Gasteiger partial charge in [0.1, 0.15) is 0 Å². The molecule has 0 aliphatic carbocycles. The maximum absolute atomic E-state index is 9.20. The van der Waals surface area contributed by atoms with E-state index in [9.17, 15) is 5.26 Å². The molecule has 1 heterocycles. The Kier molecular flexibility index (Phi) is 5.42. The molecule has 0 bridgehead atoms. The van der Waals surface area contributed by atoms with Crippen molar-refractivity contribution in [1.29, 1.82) is 5.26 Å². The van der Waals surface area contributed by atoms with Gasteiger partial charge in [-0.05, 0) is 49.2 Å². The van der Waals surface area contributed by atoms with Gasteiger partial charge < -0.3 is 0 Å². The fourth-order valence-corrected chi connectivity index (χ4v) is 3.52. The van der Waals surface area contributed by atoms with Gasteiger partial charge in [-0.15, -0.1) is 0 Å². The van der Waals surface area contributed by atoms with Crippen LogP contribution in [0.2, 0.25) is 0 Å². The Labute approximate surface area is 129 Å². The van der Waals surface area contributed by atoms with Crippen molar-refractivity contribution in [3.8, 4) is 6.07 Å². The minimum atomic E-state index is 0.259. The Morgan fingerprint density at radius 3 is 2.52 bits per heavy atom. The normalized spacial score (nSPS) is 22.3. The summed E-state index contributed by atoms with van der Waals surface area (Å²) in [6.07, 6.45) is 4.40. The van der Waals surface area contributed by atoms with Crippen molar-refractivity contribution in [3.63, 3.8) is 0 Å². The number of hydrogen-bond donors (Lipinski definition) is 0. The maximum Gasteiger partial charge on any atom is 0.0641 e. The molecule has 21 heavy (non-hydrogen) atoms. The summed E-state index contributed by atoms with van der Waals surface area (Å²) in [5, 5.41) is 9.20. The molecule has 114 valence electrons. The predicted molar refractivity (Wildman–Crippen MR) is 87.8 cm³/mol. The molecule has 2 nitrogen and oxygen atoms in total. The first-order chi connectivity index (χ1) is 10.0. The first-order valence-corrected chi connectivity index (χ1v) is 8.18. The number of rotatable bonds is 3. The minimum Gasteiger partial charge on any atom is -0.295 e. The molecule has 1 fully saturated rings. The van der Waals surface area contributed by atoms with Crippen molar-refractivity contribution in [2.24, 2.45) is 11.3 Å². The molecule has 1 aliphatic heterocycles. The minimum absolute atomic E-state index is 0.259. The second-order valence-electron chi connectivity index (χ2n) is 7.32. The lowest BCUT2D eigenvalue weighted by molar-refractivity contribution is 0.183. The van der Waals surface area contributed by atoms with Crippen molar-refractivity contribution in [3.05, 3.63) is 35.9 Å². The van der Waals surface area contributed by atoms with Crippen LogP contribution in [-0.2, 0) is 0 Å². The van der Waals surface area contributed by atoms with Gasteiger partial charge in [0, 0.05) is 6.04 Å². The summed E-state index contributed by atoms with van der Waals surface area (Å²) < 4.78 is 0. The largest absolute Gasteiger partial charge is 0.295 e. The predicted octanol–water partition coefficient (Wildman–Crippen LogP) is 4.79. The van der Waals surface area contributed by atoms with E-state index in [0.717, 1.165) is 19.0 Å². The highest BCUT2D eigenvalue weighted by molar-refractivity contribution is 5.20. The summed E-state index contributed by atoms with van der Waals surface area (Å²) in [6, 6.07) is 13.2. The Morgan fingerprint density at radius 2 is 1.90 bits per heavy atom. The zero-order valence-electron chi connectivity index (χ0n) is 13.7. The third-order valence-electron chi connectivity index (χ3n) is 4.90. The van der Waals surface area contributed by atoms with Crippen LogP contribution in [0.1, 0.15) is 58.1 Å². The van der Waals surface area contributed by atoms with E-state index in [4.69, 9.17) is 0 Å². The number of nitriles is 1. The molecular weight excluding hydrogens is 256 g/mol. The van der Waals surface area contributed by atoms with Crippen LogP contribution in [0.3, 0.4) is 0 Å². The topological polar surface area (TPSA) is 27.0 Å². The smallest absolute Gasteiger partial charge is 0.0641 e. The van der Waals surface area contributed by atoms with E-state index < -0.39 is 0 Å². The fraction of sp³-hybridized carbons (Fsp3) is 0.632. The Hall–Kier alpha value is -1.33. The number of nitrogens with zero attached hydrogens (tertiary/aromatic N) is 2. The van der Waals surface area contributed by atoms with Gasteiger partial charge in [0.25, 0.3) is 0 Å². The molecule has 1 aliphatic rings. The molecule has 1 aromatic rings. The lowest BCUT2D eigenvalue weighted by Gasteiger charge is -2.31. The molecule has 0 aromatic heterocycles. The Bertz CT molecular complexity index is 467.